The normalized spacial score (nSPS) is 12.1. The molecule has 11 heteroatoms. The zero-order valence-electron chi connectivity index (χ0n) is 26.4. The third kappa shape index (κ3) is 10.6. The number of aromatic carboxylic acids is 1. The Hall–Kier alpha value is -4.28. The van der Waals surface area contributed by atoms with Gasteiger partial charge < -0.3 is 19.4 Å². The standard InChI is InChI=1S/C36H39F5O6/c1-3-5-7-8-9-10-11-13-31(42)46-25-17-14-23(15-18-25)26-20-21-28(34(43)44)33(38)32(26)24-16-19-27(29(37)22-24)35(45)47-30(12-6-4-2)36(39,40)41/h14-22,30H,3-13H2,1-2H3,(H,43,44)/p-1. The number of carboxylic acids is 1. The molecule has 3 aromatic carbocycles. The second kappa shape index (κ2) is 17.6. The van der Waals surface area contributed by atoms with E-state index < -0.39 is 59.4 Å². The largest absolute Gasteiger partial charge is 0.545 e. The van der Waals surface area contributed by atoms with Crippen LogP contribution in [0, 0.1) is 11.6 Å². The number of hydrogen-bond donors (Lipinski definition) is 0. The highest BCUT2D eigenvalue weighted by Crippen LogP contribution is 2.37. The number of ether oxygens (including phenoxy) is 2. The monoisotopic (exact) mass is 661 g/mol. The van der Waals surface area contributed by atoms with Crippen LogP contribution in [0.5, 0.6) is 5.75 Å². The first-order valence-electron chi connectivity index (χ1n) is 15.8. The Labute approximate surface area is 270 Å². The number of carbonyl (C=O) groups is 3. The minimum atomic E-state index is -4.86. The van der Waals surface area contributed by atoms with Crippen molar-refractivity contribution in [3.05, 3.63) is 77.4 Å². The Kier molecular flexibility index (Phi) is 13.9. The molecule has 1 atom stereocenters. The maximum Gasteiger partial charge on any atom is 0.425 e. The molecule has 6 nitrogen and oxygen atoms in total. The molecule has 0 spiro atoms. The van der Waals surface area contributed by atoms with E-state index in [2.05, 4.69) is 11.7 Å². The second-order valence-corrected chi connectivity index (χ2v) is 11.3. The third-order valence-corrected chi connectivity index (χ3v) is 7.66. The number of hydrogen-bond acceptors (Lipinski definition) is 6. The van der Waals surface area contributed by atoms with E-state index >= 15 is 8.78 Å². The van der Waals surface area contributed by atoms with Crippen molar-refractivity contribution in [3.8, 4) is 28.0 Å². The Bertz CT molecular complexity index is 1520. The van der Waals surface area contributed by atoms with Gasteiger partial charge in [-0.1, -0.05) is 83.1 Å². The van der Waals surface area contributed by atoms with Gasteiger partial charge in [-0.25, -0.2) is 13.6 Å². The molecule has 3 aromatic rings. The van der Waals surface area contributed by atoms with Gasteiger partial charge in [0.25, 0.3) is 0 Å². The summed E-state index contributed by atoms with van der Waals surface area (Å²) in [5.74, 6) is -6.09. The van der Waals surface area contributed by atoms with Gasteiger partial charge in [0, 0.05) is 17.5 Å². The number of rotatable bonds is 17. The number of benzene rings is 3. The molecular formula is C36H38F5O6-. The Balaban J connectivity index is 1.83. The summed E-state index contributed by atoms with van der Waals surface area (Å²) in [6.07, 6.45) is 0.335. The average Bonchev–Trinajstić information content (AvgIpc) is 3.02. The van der Waals surface area contributed by atoms with Crippen LogP contribution in [0.2, 0.25) is 0 Å². The molecule has 0 saturated heterocycles. The highest BCUT2D eigenvalue weighted by molar-refractivity contribution is 5.95. The molecule has 0 aromatic heterocycles. The van der Waals surface area contributed by atoms with Crippen LogP contribution in [0.25, 0.3) is 22.3 Å². The first-order valence-corrected chi connectivity index (χ1v) is 15.8. The fourth-order valence-electron chi connectivity index (χ4n) is 5.08. The summed E-state index contributed by atoms with van der Waals surface area (Å²) in [6.45, 7) is 3.81. The van der Waals surface area contributed by atoms with E-state index in [-0.39, 0.29) is 35.3 Å². The van der Waals surface area contributed by atoms with Crippen molar-refractivity contribution in [1.82, 2.24) is 0 Å². The number of halogens is 5. The molecule has 0 amide bonds. The lowest BCUT2D eigenvalue weighted by atomic mass is 9.91. The van der Waals surface area contributed by atoms with E-state index in [4.69, 9.17) is 4.74 Å². The molecule has 0 N–H and O–H groups in total. The third-order valence-electron chi connectivity index (χ3n) is 7.66. The number of carbonyl (C=O) groups excluding carboxylic acids is 3. The van der Waals surface area contributed by atoms with Gasteiger partial charge in [0.05, 0.1) is 11.5 Å². The molecule has 47 heavy (non-hydrogen) atoms. The van der Waals surface area contributed by atoms with Crippen molar-refractivity contribution >= 4 is 17.9 Å². The predicted octanol–water partition coefficient (Wildman–Crippen LogP) is 8.99. The number of unbranched alkanes of at least 4 members (excludes halogenated alkanes) is 7. The lowest BCUT2D eigenvalue weighted by Crippen LogP contribution is -2.34. The molecule has 0 fully saturated rings. The van der Waals surface area contributed by atoms with Crippen molar-refractivity contribution in [3.63, 3.8) is 0 Å². The summed E-state index contributed by atoms with van der Waals surface area (Å²) in [6, 6.07) is 10.9. The Morgan fingerprint density at radius 3 is 1.96 bits per heavy atom. The topological polar surface area (TPSA) is 92.7 Å². The fraction of sp³-hybridized carbons (Fsp3) is 0.417. The molecule has 0 bridgehead atoms. The van der Waals surface area contributed by atoms with E-state index in [9.17, 15) is 32.7 Å². The van der Waals surface area contributed by atoms with Gasteiger partial charge in [-0.3, -0.25) is 4.79 Å². The molecule has 0 aliphatic carbocycles. The van der Waals surface area contributed by atoms with Gasteiger partial charge in [0.15, 0.2) is 6.10 Å². The van der Waals surface area contributed by atoms with Crippen molar-refractivity contribution in [2.45, 2.75) is 96.8 Å². The van der Waals surface area contributed by atoms with E-state index in [1.807, 2.05) is 0 Å². The summed E-state index contributed by atoms with van der Waals surface area (Å²) in [4.78, 5) is 36.4. The maximum atomic E-state index is 15.6. The van der Waals surface area contributed by atoms with Crippen LogP contribution in [-0.2, 0) is 9.53 Å². The molecule has 254 valence electrons. The van der Waals surface area contributed by atoms with Crippen LogP contribution in [0.1, 0.15) is 105 Å². The number of alkyl halides is 3. The van der Waals surface area contributed by atoms with Crippen molar-refractivity contribution < 1.29 is 50.9 Å². The Morgan fingerprint density at radius 2 is 1.36 bits per heavy atom. The molecule has 0 aliphatic rings. The lowest BCUT2D eigenvalue weighted by molar-refractivity contribution is -0.255. The van der Waals surface area contributed by atoms with Gasteiger partial charge >= 0.3 is 18.1 Å². The number of esters is 2. The lowest BCUT2D eigenvalue weighted by Gasteiger charge is -2.21. The fourth-order valence-corrected chi connectivity index (χ4v) is 5.08. The van der Waals surface area contributed by atoms with Gasteiger partial charge in [0.1, 0.15) is 17.4 Å². The maximum absolute atomic E-state index is 15.6. The van der Waals surface area contributed by atoms with Crippen LogP contribution < -0.4 is 9.84 Å². The zero-order chi connectivity index (χ0) is 34.6. The second-order valence-electron chi connectivity index (χ2n) is 11.3. The average molecular weight is 662 g/mol. The Morgan fingerprint density at radius 1 is 0.766 bits per heavy atom. The first-order chi connectivity index (χ1) is 22.4. The molecule has 1 unspecified atom stereocenters. The van der Waals surface area contributed by atoms with Crippen molar-refractivity contribution in [2.24, 2.45) is 0 Å². The quantitative estimate of drug-likeness (QED) is 0.0621. The summed E-state index contributed by atoms with van der Waals surface area (Å²) in [5, 5.41) is 11.6. The van der Waals surface area contributed by atoms with Crippen molar-refractivity contribution in [1.29, 1.82) is 0 Å². The van der Waals surface area contributed by atoms with Crippen LogP contribution in [0.4, 0.5) is 22.0 Å². The van der Waals surface area contributed by atoms with E-state index in [1.165, 1.54) is 43.2 Å². The van der Waals surface area contributed by atoms with Crippen LogP contribution in [-0.4, -0.2) is 30.2 Å². The van der Waals surface area contributed by atoms with Gasteiger partial charge in [-0.15, -0.1) is 0 Å². The minimum Gasteiger partial charge on any atom is -0.545 e. The van der Waals surface area contributed by atoms with Crippen molar-refractivity contribution in [2.75, 3.05) is 0 Å². The van der Waals surface area contributed by atoms with E-state index in [0.717, 1.165) is 43.9 Å². The van der Waals surface area contributed by atoms with Crippen LogP contribution >= 0.6 is 0 Å². The summed E-state index contributed by atoms with van der Waals surface area (Å²) in [7, 11) is 0. The molecule has 0 aliphatic heterocycles. The summed E-state index contributed by atoms with van der Waals surface area (Å²) in [5.41, 5.74) is -1.69. The van der Waals surface area contributed by atoms with E-state index in [1.54, 1.807) is 6.92 Å². The molecular weight excluding hydrogens is 623 g/mol. The molecule has 3 rings (SSSR count). The summed E-state index contributed by atoms with van der Waals surface area (Å²) >= 11 is 0. The smallest absolute Gasteiger partial charge is 0.425 e. The zero-order valence-corrected chi connectivity index (χ0v) is 26.4. The molecule has 0 saturated carbocycles. The van der Waals surface area contributed by atoms with Crippen LogP contribution in [0.3, 0.4) is 0 Å². The first kappa shape index (κ1) is 37.2. The molecule has 0 radical (unpaired) electrons. The highest BCUT2D eigenvalue weighted by Gasteiger charge is 2.42. The SMILES string of the molecule is CCCCCCCCCC(=O)Oc1ccc(-c2ccc(C(=O)[O-])c(F)c2-c2ccc(C(=O)OC(CCCC)C(F)(F)F)c(F)c2)cc1. The highest BCUT2D eigenvalue weighted by atomic mass is 19.4. The van der Waals surface area contributed by atoms with Gasteiger partial charge in [-0.05, 0) is 66.3 Å². The van der Waals surface area contributed by atoms with E-state index in [0.29, 0.717) is 24.5 Å². The summed E-state index contributed by atoms with van der Waals surface area (Å²) < 4.78 is 80.9. The van der Waals surface area contributed by atoms with Crippen LogP contribution in [0.15, 0.2) is 54.6 Å². The minimum absolute atomic E-state index is 0.123. The van der Waals surface area contributed by atoms with Gasteiger partial charge in [0.2, 0.25) is 0 Å². The molecule has 0 heterocycles. The number of carboxylic acid groups (broad SMARTS) is 1. The predicted molar refractivity (Wildman–Crippen MR) is 165 cm³/mol. The van der Waals surface area contributed by atoms with Gasteiger partial charge in [-0.2, -0.15) is 13.2 Å².